The molecule has 1 aromatic carbocycles. The number of rotatable bonds is 8. The highest BCUT2D eigenvalue weighted by molar-refractivity contribution is 7.09. The zero-order valence-electron chi connectivity index (χ0n) is 16.5. The smallest absolute Gasteiger partial charge is 0.317 e. The molecule has 6 nitrogen and oxygen atoms in total. The third-order valence-electron chi connectivity index (χ3n) is 4.96. The molecule has 28 heavy (non-hydrogen) atoms. The fourth-order valence-corrected chi connectivity index (χ4v) is 4.10. The number of thiophene rings is 1. The summed E-state index contributed by atoms with van der Waals surface area (Å²) in [5, 5.41) is 5.14. The molecule has 2 amide bonds. The van der Waals surface area contributed by atoms with Crippen molar-refractivity contribution in [2.75, 3.05) is 34.0 Å². The lowest BCUT2D eigenvalue weighted by Gasteiger charge is -2.34. The van der Waals surface area contributed by atoms with Crippen molar-refractivity contribution in [1.29, 1.82) is 0 Å². The first-order valence-corrected chi connectivity index (χ1v) is 10.4. The van der Waals surface area contributed by atoms with Gasteiger partial charge in [0.05, 0.1) is 14.2 Å². The molecule has 1 aromatic heterocycles. The summed E-state index contributed by atoms with van der Waals surface area (Å²) in [7, 11) is 3.22. The maximum absolute atomic E-state index is 13.0. The van der Waals surface area contributed by atoms with E-state index in [1.807, 2.05) is 23.1 Å². The minimum atomic E-state index is -0.0294. The van der Waals surface area contributed by atoms with Crippen LogP contribution in [0.4, 0.5) is 4.79 Å². The zero-order chi connectivity index (χ0) is 19.8. The second-order valence-electron chi connectivity index (χ2n) is 6.71. The number of ether oxygens (including phenoxy) is 3. The molecule has 1 N–H and O–H groups in total. The Hall–Kier alpha value is -2.25. The van der Waals surface area contributed by atoms with Crippen LogP contribution in [0.25, 0.3) is 0 Å². The molecule has 1 aliphatic rings. The number of hydrogen-bond acceptors (Lipinski definition) is 5. The van der Waals surface area contributed by atoms with Gasteiger partial charge in [-0.25, -0.2) is 4.79 Å². The predicted molar refractivity (Wildman–Crippen MR) is 110 cm³/mol. The van der Waals surface area contributed by atoms with Gasteiger partial charge in [-0.15, -0.1) is 11.3 Å². The maximum Gasteiger partial charge on any atom is 0.317 e. The normalized spacial score (nSPS) is 14.5. The van der Waals surface area contributed by atoms with E-state index < -0.39 is 0 Å². The average molecular weight is 405 g/mol. The van der Waals surface area contributed by atoms with Gasteiger partial charge in [-0.2, -0.15) is 0 Å². The van der Waals surface area contributed by atoms with Crippen LogP contribution in [0.1, 0.15) is 23.3 Å². The van der Waals surface area contributed by atoms with E-state index in [0.29, 0.717) is 37.8 Å². The summed E-state index contributed by atoms with van der Waals surface area (Å²) in [6.45, 7) is 2.58. The first-order chi connectivity index (χ1) is 13.7. The lowest BCUT2D eigenvalue weighted by molar-refractivity contribution is 0.0461. The lowest BCUT2D eigenvalue weighted by Crippen LogP contribution is -2.48. The highest BCUT2D eigenvalue weighted by Gasteiger charge is 2.25. The SMILES string of the molecule is COc1ccc(CNC(=O)N(CCc2cccs2)C2CCOCC2)cc1OC. The van der Waals surface area contributed by atoms with Crippen molar-refractivity contribution in [2.45, 2.75) is 31.8 Å². The molecule has 0 bridgehead atoms. The summed E-state index contributed by atoms with van der Waals surface area (Å²) in [6, 6.07) is 10.0. The molecule has 152 valence electrons. The van der Waals surface area contributed by atoms with E-state index in [9.17, 15) is 4.79 Å². The first-order valence-electron chi connectivity index (χ1n) is 9.56. The van der Waals surface area contributed by atoms with Crippen LogP contribution in [-0.2, 0) is 17.7 Å². The van der Waals surface area contributed by atoms with Crippen LogP contribution in [0.15, 0.2) is 35.7 Å². The molecular weight excluding hydrogens is 376 g/mol. The Balaban J connectivity index is 1.63. The number of urea groups is 1. The van der Waals surface area contributed by atoms with E-state index in [-0.39, 0.29) is 12.1 Å². The number of carbonyl (C=O) groups is 1. The summed E-state index contributed by atoms with van der Waals surface area (Å²) in [5.74, 6) is 1.34. The number of nitrogens with zero attached hydrogens (tertiary/aromatic N) is 1. The molecule has 1 aliphatic heterocycles. The Morgan fingerprint density at radius 1 is 1.21 bits per heavy atom. The number of amides is 2. The third-order valence-corrected chi connectivity index (χ3v) is 5.90. The number of benzene rings is 1. The molecule has 0 saturated carbocycles. The molecule has 0 aliphatic carbocycles. The van der Waals surface area contributed by atoms with Crippen molar-refractivity contribution in [2.24, 2.45) is 0 Å². The van der Waals surface area contributed by atoms with Crippen molar-refractivity contribution in [1.82, 2.24) is 10.2 Å². The van der Waals surface area contributed by atoms with Gasteiger partial charge in [-0.3, -0.25) is 0 Å². The molecule has 0 atom stereocenters. The molecule has 0 radical (unpaired) electrons. The fourth-order valence-electron chi connectivity index (χ4n) is 3.40. The average Bonchev–Trinajstić information content (AvgIpc) is 3.26. The van der Waals surface area contributed by atoms with Crippen molar-refractivity contribution >= 4 is 17.4 Å². The predicted octanol–water partition coefficient (Wildman–Crippen LogP) is 3.70. The molecular formula is C21H28N2O4S. The second kappa shape index (κ2) is 10.3. The molecule has 1 saturated heterocycles. The van der Waals surface area contributed by atoms with Crippen LogP contribution in [-0.4, -0.2) is 51.0 Å². The Bertz CT molecular complexity index is 745. The first kappa shape index (κ1) is 20.5. The van der Waals surface area contributed by atoms with Gasteiger partial charge in [-0.05, 0) is 48.4 Å². The third kappa shape index (κ3) is 5.39. The topological polar surface area (TPSA) is 60.0 Å². The van der Waals surface area contributed by atoms with Crippen LogP contribution >= 0.6 is 11.3 Å². The standard InChI is InChI=1S/C21H28N2O4S/c1-25-19-6-5-16(14-20(19)26-2)15-22-21(24)23(17-8-11-27-12-9-17)10-7-18-4-3-13-28-18/h3-6,13-14,17H,7-12,15H2,1-2H3,(H,22,24). The summed E-state index contributed by atoms with van der Waals surface area (Å²) >= 11 is 1.73. The largest absolute Gasteiger partial charge is 0.493 e. The van der Waals surface area contributed by atoms with Crippen molar-refractivity contribution in [3.8, 4) is 11.5 Å². The van der Waals surface area contributed by atoms with Gasteiger partial charge in [0.2, 0.25) is 0 Å². The van der Waals surface area contributed by atoms with Gasteiger partial charge < -0.3 is 24.4 Å². The summed E-state index contributed by atoms with van der Waals surface area (Å²) in [5.41, 5.74) is 0.969. The minimum absolute atomic E-state index is 0.0294. The Labute approximate surface area is 170 Å². The molecule has 0 spiro atoms. The van der Waals surface area contributed by atoms with Crippen LogP contribution in [0.5, 0.6) is 11.5 Å². The van der Waals surface area contributed by atoms with Crippen molar-refractivity contribution in [3.05, 3.63) is 46.2 Å². The van der Waals surface area contributed by atoms with Crippen LogP contribution < -0.4 is 14.8 Å². The maximum atomic E-state index is 13.0. The van der Waals surface area contributed by atoms with Crippen LogP contribution in [0, 0.1) is 0 Å². The Kier molecular flexibility index (Phi) is 7.56. The fraction of sp³-hybridized carbons (Fsp3) is 0.476. The highest BCUT2D eigenvalue weighted by Crippen LogP contribution is 2.27. The molecule has 3 rings (SSSR count). The van der Waals surface area contributed by atoms with Gasteiger partial charge in [0, 0.05) is 37.2 Å². The lowest BCUT2D eigenvalue weighted by atomic mass is 10.1. The minimum Gasteiger partial charge on any atom is -0.493 e. The summed E-state index contributed by atoms with van der Waals surface area (Å²) in [4.78, 5) is 16.2. The van der Waals surface area contributed by atoms with E-state index in [2.05, 4.69) is 22.8 Å². The molecule has 2 aromatic rings. The van der Waals surface area contributed by atoms with Gasteiger partial charge in [-0.1, -0.05) is 12.1 Å². The van der Waals surface area contributed by atoms with E-state index in [0.717, 1.165) is 24.8 Å². The highest BCUT2D eigenvalue weighted by atomic mass is 32.1. The zero-order valence-corrected chi connectivity index (χ0v) is 17.3. The monoisotopic (exact) mass is 404 g/mol. The van der Waals surface area contributed by atoms with E-state index in [4.69, 9.17) is 14.2 Å². The van der Waals surface area contributed by atoms with E-state index in [1.54, 1.807) is 25.6 Å². The van der Waals surface area contributed by atoms with Crippen molar-refractivity contribution in [3.63, 3.8) is 0 Å². The molecule has 2 heterocycles. The van der Waals surface area contributed by atoms with Gasteiger partial charge in [0.1, 0.15) is 0 Å². The second-order valence-corrected chi connectivity index (χ2v) is 7.75. The summed E-state index contributed by atoms with van der Waals surface area (Å²) < 4.78 is 16.1. The number of nitrogens with one attached hydrogen (secondary N) is 1. The van der Waals surface area contributed by atoms with Gasteiger partial charge >= 0.3 is 6.03 Å². The van der Waals surface area contributed by atoms with Crippen LogP contribution in [0.3, 0.4) is 0 Å². The summed E-state index contributed by atoms with van der Waals surface area (Å²) in [6.07, 6.45) is 2.64. The quantitative estimate of drug-likeness (QED) is 0.729. The van der Waals surface area contributed by atoms with Crippen molar-refractivity contribution < 1.29 is 19.0 Å². The molecule has 0 unspecified atom stereocenters. The number of carbonyl (C=O) groups excluding carboxylic acids is 1. The van der Waals surface area contributed by atoms with Crippen LogP contribution in [0.2, 0.25) is 0 Å². The van der Waals surface area contributed by atoms with Gasteiger partial charge in [0.15, 0.2) is 11.5 Å². The Morgan fingerprint density at radius 2 is 2.00 bits per heavy atom. The van der Waals surface area contributed by atoms with E-state index in [1.165, 1.54) is 4.88 Å². The molecule has 7 heteroatoms. The Morgan fingerprint density at radius 3 is 2.68 bits per heavy atom. The van der Waals surface area contributed by atoms with E-state index >= 15 is 0 Å². The van der Waals surface area contributed by atoms with Gasteiger partial charge in [0.25, 0.3) is 0 Å². The number of hydrogen-bond donors (Lipinski definition) is 1. The number of methoxy groups -OCH3 is 2. The molecule has 1 fully saturated rings.